The first kappa shape index (κ1) is 10.6. The number of hydrogen-bond donors (Lipinski definition) is 2. The van der Waals surface area contributed by atoms with E-state index in [2.05, 4.69) is 20.9 Å². The van der Waals surface area contributed by atoms with Crippen molar-refractivity contribution in [2.45, 2.75) is 18.9 Å². The van der Waals surface area contributed by atoms with Gasteiger partial charge in [0.15, 0.2) is 0 Å². The molecule has 1 rings (SSSR count). The van der Waals surface area contributed by atoms with Crippen LogP contribution in [0.3, 0.4) is 0 Å². The van der Waals surface area contributed by atoms with Crippen molar-refractivity contribution in [1.82, 2.24) is 4.98 Å². The fourth-order valence-electron chi connectivity index (χ4n) is 0.987. The Kier molecular flexibility index (Phi) is 3.41. The van der Waals surface area contributed by atoms with Crippen molar-refractivity contribution in [3.63, 3.8) is 0 Å². The Morgan fingerprint density at radius 1 is 1.69 bits per heavy atom. The molecule has 1 atom stereocenters. The van der Waals surface area contributed by atoms with E-state index in [4.69, 9.17) is 10.8 Å². The van der Waals surface area contributed by atoms with Crippen LogP contribution in [0.2, 0.25) is 0 Å². The quantitative estimate of drug-likeness (QED) is 0.838. The standard InChI is InChI=1S/C9H13BrN2O/c1-9(11,6-13)5-8-7(10)3-2-4-12-8/h2-4,13H,5-6,11H2,1H3. The number of pyridine rings is 1. The van der Waals surface area contributed by atoms with E-state index in [1.165, 1.54) is 0 Å². The summed E-state index contributed by atoms with van der Waals surface area (Å²) in [6.07, 6.45) is 2.28. The molecule has 1 heterocycles. The molecule has 13 heavy (non-hydrogen) atoms. The fraction of sp³-hybridized carbons (Fsp3) is 0.444. The van der Waals surface area contributed by atoms with Crippen LogP contribution in [0.5, 0.6) is 0 Å². The van der Waals surface area contributed by atoms with Crippen molar-refractivity contribution < 1.29 is 5.11 Å². The van der Waals surface area contributed by atoms with Gasteiger partial charge >= 0.3 is 0 Å². The average Bonchev–Trinajstić information content (AvgIpc) is 2.09. The van der Waals surface area contributed by atoms with Crippen molar-refractivity contribution in [3.05, 3.63) is 28.5 Å². The third-order valence-electron chi connectivity index (χ3n) is 1.77. The van der Waals surface area contributed by atoms with Crippen LogP contribution in [0.4, 0.5) is 0 Å². The van der Waals surface area contributed by atoms with Crippen molar-refractivity contribution in [2.24, 2.45) is 5.73 Å². The summed E-state index contributed by atoms with van der Waals surface area (Å²) in [6, 6.07) is 3.76. The topological polar surface area (TPSA) is 59.1 Å². The molecule has 0 aliphatic carbocycles. The summed E-state index contributed by atoms with van der Waals surface area (Å²) in [7, 11) is 0. The van der Waals surface area contributed by atoms with Gasteiger partial charge in [-0.1, -0.05) is 0 Å². The largest absolute Gasteiger partial charge is 0.394 e. The highest BCUT2D eigenvalue weighted by molar-refractivity contribution is 9.10. The Morgan fingerprint density at radius 3 is 2.92 bits per heavy atom. The summed E-state index contributed by atoms with van der Waals surface area (Å²) in [5, 5.41) is 8.98. The first-order valence-corrected chi connectivity index (χ1v) is 4.83. The van der Waals surface area contributed by atoms with Crippen LogP contribution in [-0.4, -0.2) is 22.2 Å². The minimum atomic E-state index is -0.600. The van der Waals surface area contributed by atoms with Crippen LogP contribution in [0.15, 0.2) is 22.8 Å². The molecule has 0 saturated carbocycles. The van der Waals surface area contributed by atoms with Gasteiger partial charge in [-0.3, -0.25) is 4.98 Å². The molecule has 0 spiro atoms. The molecule has 0 aliphatic rings. The van der Waals surface area contributed by atoms with Crippen molar-refractivity contribution >= 4 is 15.9 Å². The highest BCUT2D eigenvalue weighted by Crippen LogP contribution is 2.17. The maximum atomic E-state index is 8.98. The van der Waals surface area contributed by atoms with Gasteiger partial charge < -0.3 is 10.8 Å². The zero-order valence-electron chi connectivity index (χ0n) is 7.50. The average molecular weight is 245 g/mol. The first-order chi connectivity index (χ1) is 6.05. The molecule has 72 valence electrons. The lowest BCUT2D eigenvalue weighted by atomic mass is 9.98. The van der Waals surface area contributed by atoms with E-state index in [-0.39, 0.29) is 6.61 Å². The lowest BCUT2D eigenvalue weighted by Gasteiger charge is -2.21. The van der Waals surface area contributed by atoms with Crippen LogP contribution in [0.25, 0.3) is 0 Å². The van der Waals surface area contributed by atoms with Gasteiger partial charge in [-0.25, -0.2) is 0 Å². The highest BCUT2D eigenvalue weighted by atomic mass is 79.9. The summed E-state index contributed by atoms with van der Waals surface area (Å²) in [6.45, 7) is 1.75. The Morgan fingerprint density at radius 2 is 2.38 bits per heavy atom. The number of aromatic nitrogens is 1. The number of aliphatic hydroxyl groups is 1. The summed E-state index contributed by atoms with van der Waals surface area (Å²) >= 11 is 3.38. The molecular weight excluding hydrogens is 232 g/mol. The SMILES string of the molecule is CC(N)(CO)Cc1ncccc1Br. The Bertz CT molecular complexity index is 289. The Hall–Kier alpha value is -0.450. The van der Waals surface area contributed by atoms with Crippen LogP contribution in [0.1, 0.15) is 12.6 Å². The van der Waals surface area contributed by atoms with Crippen LogP contribution < -0.4 is 5.73 Å². The summed E-state index contributed by atoms with van der Waals surface area (Å²) in [5.41, 5.74) is 6.08. The molecule has 3 N–H and O–H groups in total. The Labute approximate surface area is 86.1 Å². The number of nitrogens with two attached hydrogens (primary N) is 1. The van der Waals surface area contributed by atoms with Crippen LogP contribution >= 0.6 is 15.9 Å². The summed E-state index contributed by atoms with van der Waals surface area (Å²) in [5.74, 6) is 0. The maximum absolute atomic E-state index is 8.98. The van der Waals surface area contributed by atoms with Crippen LogP contribution in [-0.2, 0) is 6.42 Å². The van der Waals surface area contributed by atoms with Gasteiger partial charge in [0.2, 0.25) is 0 Å². The van der Waals surface area contributed by atoms with E-state index < -0.39 is 5.54 Å². The molecule has 3 nitrogen and oxygen atoms in total. The molecule has 1 aromatic rings. The molecule has 0 aliphatic heterocycles. The van der Waals surface area contributed by atoms with E-state index in [1.807, 2.05) is 12.1 Å². The summed E-state index contributed by atoms with van der Waals surface area (Å²) < 4.78 is 0.931. The van der Waals surface area contributed by atoms with Crippen molar-refractivity contribution in [1.29, 1.82) is 0 Å². The molecule has 4 heteroatoms. The molecule has 0 amide bonds. The normalized spacial score (nSPS) is 15.4. The number of aliphatic hydroxyl groups excluding tert-OH is 1. The van der Waals surface area contributed by atoms with E-state index in [1.54, 1.807) is 13.1 Å². The lowest BCUT2D eigenvalue weighted by molar-refractivity contribution is 0.207. The number of halogens is 1. The predicted molar refractivity (Wildman–Crippen MR) is 55.3 cm³/mol. The molecule has 1 aromatic heterocycles. The smallest absolute Gasteiger partial charge is 0.0612 e. The van der Waals surface area contributed by atoms with Gasteiger partial charge in [-0.2, -0.15) is 0 Å². The fourth-order valence-corrected chi connectivity index (χ4v) is 1.38. The van der Waals surface area contributed by atoms with E-state index in [9.17, 15) is 0 Å². The minimum absolute atomic E-state index is 0.0456. The van der Waals surface area contributed by atoms with Crippen molar-refractivity contribution in [3.8, 4) is 0 Å². The van der Waals surface area contributed by atoms with E-state index in [0.717, 1.165) is 10.2 Å². The third kappa shape index (κ3) is 3.06. The van der Waals surface area contributed by atoms with Crippen molar-refractivity contribution in [2.75, 3.05) is 6.61 Å². The van der Waals surface area contributed by atoms with Gasteiger partial charge in [-0.05, 0) is 35.0 Å². The molecule has 1 unspecified atom stereocenters. The van der Waals surface area contributed by atoms with Crippen LogP contribution in [0, 0.1) is 0 Å². The molecule has 0 radical (unpaired) electrons. The molecule has 0 aromatic carbocycles. The predicted octanol–water partition coefficient (Wildman–Crippen LogP) is 1.10. The maximum Gasteiger partial charge on any atom is 0.0612 e. The second kappa shape index (κ2) is 4.17. The van der Waals surface area contributed by atoms with Gasteiger partial charge in [0.1, 0.15) is 0 Å². The minimum Gasteiger partial charge on any atom is -0.394 e. The molecule has 0 saturated heterocycles. The second-order valence-electron chi connectivity index (χ2n) is 3.42. The molecule has 0 fully saturated rings. The van der Waals surface area contributed by atoms with Gasteiger partial charge in [-0.15, -0.1) is 0 Å². The monoisotopic (exact) mass is 244 g/mol. The van der Waals surface area contributed by atoms with Gasteiger partial charge in [0, 0.05) is 22.6 Å². The second-order valence-corrected chi connectivity index (χ2v) is 4.28. The number of rotatable bonds is 3. The number of hydrogen-bond acceptors (Lipinski definition) is 3. The lowest BCUT2D eigenvalue weighted by Crippen LogP contribution is -2.42. The van der Waals surface area contributed by atoms with E-state index in [0.29, 0.717) is 6.42 Å². The van der Waals surface area contributed by atoms with Gasteiger partial charge in [0.05, 0.1) is 12.3 Å². The van der Waals surface area contributed by atoms with E-state index >= 15 is 0 Å². The first-order valence-electron chi connectivity index (χ1n) is 4.04. The zero-order chi connectivity index (χ0) is 9.90. The third-order valence-corrected chi connectivity index (χ3v) is 2.49. The van der Waals surface area contributed by atoms with Gasteiger partial charge in [0.25, 0.3) is 0 Å². The summed E-state index contributed by atoms with van der Waals surface area (Å²) in [4.78, 5) is 4.17. The Balaban J connectivity index is 2.80. The molecular formula is C9H13BrN2O. The number of nitrogens with zero attached hydrogens (tertiary/aromatic N) is 1. The highest BCUT2D eigenvalue weighted by Gasteiger charge is 2.19. The molecule has 0 bridgehead atoms. The zero-order valence-corrected chi connectivity index (χ0v) is 9.08.